The van der Waals surface area contributed by atoms with E-state index >= 15 is 0 Å². The van der Waals surface area contributed by atoms with Gasteiger partial charge in [-0.05, 0) is 0 Å². The minimum atomic E-state index is -0.0724. The maximum atomic E-state index is 12.2. The van der Waals surface area contributed by atoms with Gasteiger partial charge in [0.25, 0.3) is 0 Å². The molecule has 1 saturated heterocycles. The van der Waals surface area contributed by atoms with Crippen molar-refractivity contribution in [3.8, 4) is 0 Å². The number of hydrogen-bond acceptors (Lipinski definition) is 2. The normalized spacial score (nSPS) is 20.6. The quantitative estimate of drug-likeness (QED) is 0.562. The Bertz CT molecular complexity index is 281. The number of quaternary nitrogens is 1. The zero-order valence-corrected chi connectivity index (χ0v) is 8.28. The topological polar surface area (TPSA) is 35.1 Å². The molecular formula is C11H16N2O. The summed E-state index contributed by atoms with van der Waals surface area (Å²) in [4.78, 5) is 0. The molecule has 76 valence electrons. The Morgan fingerprint density at radius 1 is 1.14 bits per heavy atom. The van der Waals surface area contributed by atoms with Crippen LogP contribution >= 0.6 is 0 Å². The highest BCUT2D eigenvalue weighted by molar-refractivity contribution is 5.13. The summed E-state index contributed by atoms with van der Waals surface area (Å²) >= 11 is 0. The third-order valence-corrected chi connectivity index (χ3v) is 2.71. The molecular weight excluding hydrogens is 176 g/mol. The van der Waals surface area contributed by atoms with Crippen LogP contribution in [0.25, 0.3) is 0 Å². The second kappa shape index (κ2) is 4.09. The molecule has 0 aromatic heterocycles. The first-order chi connectivity index (χ1) is 6.79. The van der Waals surface area contributed by atoms with Crippen LogP contribution in [0.15, 0.2) is 30.3 Å². The SMILES string of the molecule is [O-][N+]1(Cc2ccccc2)CCNCC1. The fourth-order valence-corrected chi connectivity index (χ4v) is 1.88. The Morgan fingerprint density at radius 2 is 1.79 bits per heavy atom. The van der Waals surface area contributed by atoms with Crippen LogP contribution in [-0.4, -0.2) is 30.8 Å². The summed E-state index contributed by atoms with van der Waals surface area (Å²) in [5.41, 5.74) is 1.14. The van der Waals surface area contributed by atoms with E-state index in [4.69, 9.17) is 0 Å². The predicted molar refractivity (Wildman–Crippen MR) is 56.4 cm³/mol. The Hall–Kier alpha value is -0.900. The largest absolute Gasteiger partial charge is 0.632 e. The van der Waals surface area contributed by atoms with E-state index in [0.29, 0.717) is 19.6 Å². The van der Waals surface area contributed by atoms with E-state index in [1.807, 2.05) is 30.3 Å². The van der Waals surface area contributed by atoms with Gasteiger partial charge in [0.2, 0.25) is 0 Å². The van der Waals surface area contributed by atoms with Crippen LogP contribution in [0, 0.1) is 5.21 Å². The van der Waals surface area contributed by atoms with Crippen molar-refractivity contribution < 1.29 is 4.65 Å². The first-order valence-corrected chi connectivity index (χ1v) is 5.10. The number of hydroxylamine groups is 3. The van der Waals surface area contributed by atoms with Crippen LogP contribution in [0.4, 0.5) is 0 Å². The fraction of sp³-hybridized carbons (Fsp3) is 0.455. The summed E-state index contributed by atoms with van der Waals surface area (Å²) in [6.45, 7) is 3.68. The standard InChI is InChI=1S/C11H16N2O/c14-13(8-6-12-7-9-13)10-11-4-2-1-3-5-11/h1-5,12H,6-10H2. The zero-order chi connectivity index (χ0) is 9.86. The fourth-order valence-electron chi connectivity index (χ4n) is 1.88. The lowest BCUT2D eigenvalue weighted by atomic mass is 10.2. The molecule has 2 rings (SSSR count). The summed E-state index contributed by atoms with van der Waals surface area (Å²) < 4.78 is -0.0724. The number of nitrogens with zero attached hydrogens (tertiary/aromatic N) is 1. The van der Waals surface area contributed by atoms with Gasteiger partial charge in [-0.1, -0.05) is 30.3 Å². The molecule has 1 aliphatic rings. The summed E-state index contributed by atoms with van der Waals surface area (Å²) in [6.07, 6.45) is 0. The van der Waals surface area contributed by atoms with Gasteiger partial charge in [0, 0.05) is 18.7 Å². The number of rotatable bonds is 2. The number of piperazine rings is 1. The number of benzene rings is 1. The third kappa shape index (κ3) is 2.32. The smallest absolute Gasteiger partial charge is 0.104 e. The molecule has 0 aliphatic carbocycles. The zero-order valence-electron chi connectivity index (χ0n) is 8.28. The molecule has 0 bridgehead atoms. The minimum Gasteiger partial charge on any atom is -0.632 e. The van der Waals surface area contributed by atoms with Crippen LogP contribution in [0.2, 0.25) is 0 Å². The van der Waals surface area contributed by atoms with Gasteiger partial charge in [0.05, 0.1) is 13.1 Å². The molecule has 3 heteroatoms. The Labute approximate surface area is 84.5 Å². The lowest BCUT2D eigenvalue weighted by Gasteiger charge is -2.45. The highest BCUT2D eigenvalue weighted by Crippen LogP contribution is 2.13. The monoisotopic (exact) mass is 192 g/mol. The molecule has 0 saturated carbocycles. The maximum absolute atomic E-state index is 12.2. The molecule has 1 aromatic carbocycles. The maximum Gasteiger partial charge on any atom is 0.104 e. The van der Waals surface area contributed by atoms with E-state index < -0.39 is 0 Å². The predicted octanol–water partition coefficient (Wildman–Crippen LogP) is 1.10. The molecule has 0 unspecified atom stereocenters. The number of hydrogen-bond donors (Lipinski definition) is 1. The molecule has 0 radical (unpaired) electrons. The van der Waals surface area contributed by atoms with Crippen molar-refractivity contribution in [2.24, 2.45) is 0 Å². The van der Waals surface area contributed by atoms with Crippen molar-refractivity contribution in [1.82, 2.24) is 5.32 Å². The van der Waals surface area contributed by atoms with Crippen LogP contribution in [0.5, 0.6) is 0 Å². The van der Waals surface area contributed by atoms with Crippen molar-refractivity contribution >= 4 is 0 Å². The van der Waals surface area contributed by atoms with Gasteiger partial charge < -0.3 is 15.2 Å². The lowest BCUT2D eigenvalue weighted by molar-refractivity contribution is -0.895. The van der Waals surface area contributed by atoms with E-state index in [9.17, 15) is 5.21 Å². The summed E-state index contributed by atoms with van der Waals surface area (Å²) in [7, 11) is 0. The van der Waals surface area contributed by atoms with Crippen molar-refractivity contribution in [3.05, 3.63) is 41.1 Å². The van der Waals surface area contributed by atoms with Crippen LogP contribution in [0.1, 0.15) is 5.56 Å². The van der Waals surface area contributed by atoms with Crippen molar-refractivity contribution in [2.45, 2.75) is 6.54 Å². The first kappa shape index (κ1) is 9.65. The average Bonchev–Trinajstić information content (AvgIpc) is 2.19. The molecule has 1 aromatic rings. The average molecular weight is 192 g/mol. The van der Waals surface area contributed by atoms with Crippen molar-refractivity contribution in [2.75, 3.05) is 26.2 Å². The molecule has 14 heavy (non-hydrogen) atoms. The molecule has 1 heterocycles. The molecule has 1 fully saturated rings. The Balaban J connectivity index is 2.02. The minimum absolute atomic E-state index is 0.0724. The molecule has 3 nitrogen and oxygen atoms in total. The number of nitrogens with one attached hydrogen (secondary N) is 1. The van der Waals surface area contributed by atoms with Gasteiger partial charge in [-0.3, -0.25) is 0 Å². The second-order valence-corrected chi connectivity index (χ2v) is 3.90. The van der Waals surface area contributed by atoms with Crippen LogP contribution in [-0.2, 0) is 6.54 Å². The molecule has 0 spiro atoms. The van der Waals surface area contributed by atoms with Crippen LogP contribution < -0.4 is 5.32 Å². The molecule has 0 amide bonds. The van der Waals surface area contributed by atoms with Gasteiger partial charge in [0.15, 0.2) is 0 Å². The van der Waals surface area contributed by atoms with E-state index in [1.165, 1.54) is 0 Å². The lowest BCUT2D eigenvalue weighted by Crippen LogP contribution is -2.54. The van der Waals surface area contributed by atoms with Gasteiger partial charge in [-0.25, -0.2) is 0 Å². The highest BCUT2D eigenvalue weighted by atomic mass is 16.5. The van der Waals surface area contributed by atoms with Gasteiger partial charge in [-0.2, -0.15) is 0 Å². The van der Waals surface area contributed by atoms with Crippen molar-refractivity contribution in [3.63, 3.8) is 0 Å². The third-order valence-electron chi connectivity index (χ3n) is 2.71. The summed E-state index contributed by atoms with van der Waals surface area (Å²) in [5, 5.41) is 15.4. The molecule has 1 aliphatic heterocycles. The Morgan fingerprint density at radius 3 is 2.43 bits per heavy atom. The Kier molecular flexibility index (Phi) is 2.82. The van der Waals surface area contributed by atoms with E-state index in [1.54, 1.807) is 0 Å². The van der Waals surface area contributed by atoms with Crippen LogP contribution in [0.3, 0.4) is 0 Å². The van der Waals surface area contributed by atoms with E-state index in [2.05, 4.69) is 5.32 Å². The van der Waals surface area contributed by atoms with Gasteiger partial charge in [0.1, 0.15) is 6.54 Å². The van der Waals surface area contributed by atoms with E-state index in [-0.39, 0.29) is 4.65 Å². The molecule has 1 N–H and O–H groups in total. The first-order valence-electron chi connectivity index (χ1n) is 5.10. The molecule has 0 atom stereocenters. The van der Waals surface area contributed by atoms with Gasteiger partial charge >= 0.3 is 0 Å². The summed E-state index contributed by atoms with van der Waals surface area (Å²) in [5.74, 6) is 0. The summed E-state index contributed by atoms with van der Waals surface area (Å²) in [6, 6.07) is 10.0. The second-order valence-electron chi connectivity index (χ2n) is 3.90. The van der Waals surface area contributed by atoms with Crippen molar-refractivity contribution in [1.29, 1.82) is 0 Å². The van der Waals surface area contributed by atoms with E-state index in [0.717, 1.165) is 18.7 Å². The van der Waals surface area contributed by atoms with Gasteiger partial charge in [-0.15, -0.1) is 0 Å². The highest BCUT2D eigenvalue weighted by Gasteiger charge is 2.20.